The molecule has 0 aliphatic heterocycles. The Morgan fingerprint density at radius 2 is 1.79 bits per heavy atom. The summed E-state index contributed by atoms with van der Waals surface area (Å²) in [6, 6.07) is 0. The van der Waals surface area contributed by atoms with Crippen LogP contribution in [-0.2, 0) is 29.2 Å². The number of ether oxygens (including phenoxy) is 1. The van der Waals surface area contributed by atoms with Crippen molar-refractivity contribution in [3.8, 4) is 0 Å². The van der Waals surface area contributed by atoms with E-state index < -0.39 is 30.4 Å². The van der Waals surface area contributed by atoms with E-state index >= 15 is 0 Å². The molecule has 0 aromatic rings. The Bertz CT molecular complexity index is 573. The Labute approximate surface area is 112 Å². The lowest BCUT2D eigenvalue weighted by atomic mass is 10.1. The van der Waals surface area contributed by atoms with Gasteiger partial charge < -0.3 is 4.74 Å². The van der Waals surface area contributed by atoms with Crippen molar-refractivity contribution in [3.05, 3.63) is 24.3 Å². The Kier molecular flexibility index (Phi) is 4.91. The summed E-state index contributed by atoms with van der Waals surface area (Å²) in [5.41, 5.74) is 0. The topological polar surface area (TPSA) is 107 Å². The third-order valence-corrected chi connectivity index (χ3v) is 5.61. The second kappa shape index (κ2) is 5.71. The van der Waals surface area contributed by atoms with Crippen molar-refractivity contribution in [1.29, 1.82) is 0 Å². The SMILES string of the molecule is CCOC1(S(=O)(=O)OCC)C=CC=CC1S(=O)(=O)O. The zero-order chi connectivity index (χ0) is 14.7. The van der Waals surface area contributed by atoms with E-state index in [4.69, 9.17) is 4.74 Å². The molecule has 2 unspecified atom stereocenters. The summed E-state index contributed by atoms with van der Waals surface area (Å²) in [5.74, 6) is 0. The van der Waals surface area contributed by atoms with Gasteiger partial charge in [-0.1, -0.05) is 18.2 Å². The first-order valence-corrected chi connectivity index (χ1v) is 8.47. The van der Waals surface area contributed by atoms with Crippen LogP contribution in [0.3, 0.4) is 0 Å². The molecule has 0 radical (unpaired) electrons. The second-order valence-corrected chi connectivity index (χ2v) is 7.01. The summed E-state index contributed by atoms with van der Waals surface area (Å²) in [6.07, 6.45) is 4.74. The zero-order valence-corrected chi connectivity index (χ0v) is 12.1. The normalized spacial score (nSPS) is 27.6. The molecular formula is C10H16O7S2. The fraction of sp³-hybridized carbons (Fsp3) is 0.600. The predicted molar refractivity (Wildman–Crippen MR) is 68.5 cm³/mol. The molecule has 0 saturated carbocycles. The fourth-order valence-electron chi connectivity index (χ4n) is 1.79. The molecule has 9 heteroatoms. The van der Waals surface area contributed by atoms with Gasteiger partial charge in [0.25, 0.3) is 10.1 Å². The first-order chi connectivity index (χ1) is 8.71. The van der Waals surface area contributed by atoms with E-state index in [0.29, 0.717) is 0 Å². The van der Waals surface area contributed by atoms with Crippen LogP contribution >= 0.6 is 0 Å². The maximum absolute atomic E-state index is 12.1. The molecule has 1 aliphatic rings. The van der Waals surface area contributed by atoms with Gasteiger partial charge in [-0.3, -0.25) is 8.74 Å². The van der Waals surface area contributed by atoms with Gasteiger partial charge in [0.2, 0.25) is 4.93 Å². The lowest BCUT2D eigenvalue weighted by Gasteiger charge is -2.34. The van der Waals surface area contributed by atoms with Gasteiger partial charge in [0, 0.05) is 6.61 Å². The van der Waals surface area contributed by atoms with E-state index in [1.54, 1.807) is 0 Å². The van der Waals surface area contributed by atoms with Crippen LogP contribution in [0, 0.1) is 0 Å². The first kappa shape index (κ1) is 16.3. The highest BCUT2D eigenvalue weighted by atomic mass is 32.2. The van der Waals surface area contributed by atoms with Crippen molar-refractivity contribution < 1.29 is 30.3 Å². The van der Waals surface area contributed by atoms with Crippen LogP contribution in [0.15, 0.2) is 24.3 Å². The summed E-state index contributed by atoms with van der Waals surface area (Å²) < 4.78 is 66.1. The monoisotopic (exact) mass is 312 g/mol. The molecule has 7 nitrogen and oxygen atoms in total. The van der Waals surface area contributed by atoms with Crippen LogP contribution in [0.25, 0.3) is 0 Å². The van der Waals surface area contributed by atoms with Crippen molar-refractivity contribution in [2.45, 2.75) is 24.0 Å². The highest BCUT2D eigenvalue weighted by molar-refractivity contribution is 7.91. The van der Waals surface area contributed by atoms with Gasteiger partial charge in [-0.25, -0.2) is 0 Å². The summed E-state index contributed by atoms with van der Waals surface area (Å²) in [5, 5.41) is -1.78. The molecular weight excluding hydrogens is 296 g/mol. The minimum absolute atomic E-state index is 0.0729. The summed E-state index contributed by atoms with van der Waals surface area (Å²) >= 11 is 0. The highest BCUT2D eigenvalue weighted by Crippen LogP contribution is 2.34. The number of hydrogen-bond donors (Lipinski definition) is 1. The number of allylic oxidation sites excluding steroid dienone is 2. The highest BCUT2D eigenvalue weighted by Gasteiger charge is 2.55. The molecule has 2 atom stereocenters. The Morgan fingerprint density at radius 3 is 2.26 bits per heavy atom. The standard InChI is InChI=1S/C10H16O7S2/c1-3-16-10(19(14,15)17-4-2)8-6-5-7-9(10)18(11,12)13/h5-9H,3-4H2,1-2H3,(H,11,12,13). The molecule has 19 heavy (non-hydrogen) atoms. The van der Waals surface area contributed by atoms with Gasteiger partial charge in [0.15, 0.2) is 5.25 Å². The van der Waals surface area contributed by atoms with Crippen molar-refractivity contribution in [3.63, 3.8) is 0 Å². The third kappa shape index (κ3) is 3.06. The molecule has 0 amide bonds. The molecule has 0 aromatic carbocycles. The Hall–Kier alpha value is -0.740. The van der Waals surface area contributed by atoms with E-state index in [1.165, 1.54) is 26.0 Å². The van der Waals surface area contributed by atoms with Crippen molar-refractivity contribution in [1.82, 2.24) is 0 Å². The lowest BCUT2D eigenvalue weighted by molar-refractivity contribution is 0.0527. The average molecular weight is 312 g/mol. The van der Waals surface area contributed by atoms with Gasteiger partial charge in [-0.15, -0.1) is 0 Å². The first-order valence-electron chi connectivity index (χ1n) is 5.56. The molecule has 0 saturated heterocycles. The van der Waals surface area contributed by atoms with E-state index in [1.807, 2.05) is 0 Å². The quantitative estimate of drug-likeness (QED) is 0.561. The van der Waals surface area contributed by atoms with Crippen LogP contribution in [0.5, 0.6) is 0 Å². The summed E-state index contributed by atoms with van der Waals surface area (Å²) in [6.45, 7) is 2.71. The molecule has 1 N–H and O–H groups in total. The van der Waals surface area contributed by atoms with Crippen molar-refractivity contribution in [2.24, 2.45) is 0 Å². The Morgan fingerprint density at radius 1 is 1.16 bits per heavy atom. The van der Waals surface area contributed by atoms with Gasteiger partial charge in [-0.05, 0) is 19.9 Å². The number of rotatable bonds is 6. The maximum Gasteiger partial charge on any atom is 0.303 e. The van der Waals surface area contributed by atoms with E-state index in [0.717, 1.165) is 12.2 Å². The van der Waals surface area contributed by atoms with Crippen LogP contribution < -0.4 is 0 Å². The van der Waals surface area contributed by atoms with Crippen LogP contribution in [0.1, 0.15) is 13.8 Å². The lowest BCUT2D eigenvalue weighted by Crippen LogP contribution is -2.54. The van der Waals surface area contributed by atoms with Gasteiger partial charge in [-0.2, -0.15) is 16.8 Å². The van der Waals surface area contributed by atoms with Gasteiger partial charge in [0.05, 0.1) is 6.61 Å². The summed E-state index contributed by atoms with van der Waals surface area (Å²) in [4.78, 5) is -2.28. The number of hydrogen-bond acceptors (Lipinski definition) is 6. The van der Waals surface area contributed by atoms with E-state index in [9.17, 15) is 21.4 Å². The van der Waals surface area contributed by atoms with Crippen molar-refractivity contribution >= 4 is 20.2 Å². The summed E-state index contributed by atoms with van der Waals surface area (Å²) in [7, 11) is -9.07. The smallest absolute Gasteiger partial charge is 0.303 e. The van der Waals surface area contributed by atoms with Crippen LogP contribution in [0.4, 0.5) is 0 Å². The molecule has 0 bridgehead atoms. The van der Waals surface area contributed by atoms with E-state index in [-0.39, 0.29) is 13.2 Å². The molecule has 0 fully saturated rings. The second-order valence-electron chi connectivity index (χ2n) is 3.69. The Balaban J connectivity index is 3.47. The van der Waals surface area contributed by atoms with Gasteiger partial charge in [0.1, 0.15) is 0 Å². The van der Waals surface area contributed by atoms with E-state index in [2.05, 4.69) is 4.18 Å². The average Bonchev–Trinajstić information content (AvgIpc) is 2.28. The fourth-order valence-corrected chi connectivity index (χ4v) is 4.73. The van der Waals surface area contributed by atoms with Crippen molar-refractivity contribution in [2.75, 3.05) is 13.2 Å². The molecule has 0 spiro atoms. The predicted octanol–water partition coefficient (Wildman–Crippen LogP) is 0.468. The largest absolute Gasteiger partial charge is 0.352 e. The molecule has 1 rings (SSSR count). The molecule has 110 valence electrons. The van der Waals surface area contributed by atoms with Crippen LogP contribution in [-0.4, -0.2) is 44.8 Å². The zero-order valence-electron chi connectivity index (χ0n) is 10.5. The minimum atomic E-state index is -4.68. The maximum atomic E-state index is 12.1. The van der Waals surface area contributed by atoms with Gasteiger partial charge >= 0.3 is 10.1 Å². The third-order valence-electron chi connectivity index (χ3n) is 2.48. The molecule has 1 aliphatic carbocycles. The minimum Gasteiger partial charge on any atom is -0.352 e. The van der Waals surface area contributed by atoms with Crippen LogP contribution in [0.2, 0.25) is 0 Å². The molecule has 0 heterocycles. The molecule has 0 aromatic heterocycles.